The fourth-order valence-electron chi connectivity index (χ4n) is 3.31. The second kappa shape index (κ2) is 7.75. The SMILES string of the molecule is O=C([O-])c1cc2c(OCc3ccccc3F)cccc2n1Cc1cccc(F)c1. The van der Waals surface area contributed by atoms with Crippen LogP contribution in [0.4, 0.5) is 8.78 Å². The minimum atomic E-state index is -1.35. The zero-order valence-electron chi connectivity index (χ0n) is 15.3. The smallest absolute Gasteiger partial charge is 0.129 e. The van der Waals surface area contributed by atoms with Crippen LogP contribution < -0.4 is 9.84 Å². The molecule has 0 aliphatic heterocycles. The van der Waals surface area contributed by atoms with Gasteiger partial charge in [0.25, 0.3) is 0 Å². The fourth-order valence-corrected chi connectivity index (χ4v) is 3.31. The Balaban J connectivity index is 1.73. The Kier molecular flexibility index (Phi) is 4.99. The fraction of sp³-hybridized carbons (Fsp3) is 0.0870. The highest BCUT2D eigenvalue weighted by Crippen LogP contribution is 2.30. The van der Waals surface area contributed by atoms with E-state index in [0.29, 0.717) is 27.8 Å². The highest BCUT2D eigenvalue weighted by molar-refractivity contribution is 5.96. The molecule has 1 heterocycles. The van der Waals surface area contributed by atoms with Gasteiger partial charge in [-0.3, -0.25) is 0 Å². The molecule has 0 atom stereocenters. The van der Waals surface area contributed by atoms with Crippen molar-refractivity contribution in [2.45, 2.75) is 13.2 Å². The van der Waals surface area contributed by atoms with Gasteiger partial charge in [0.15, 0.2) is 0 Å². The van der Waals surface area contributed by atoms with E-state index in [4.69, 9.17) is 4.74 Å². The predicted molar refractivity (Wildman–Crippen MR) is 103 cm³/mol. The minimum absolute atomic E-state index is 0.00151. The zero-order chi connectivity index (χ0) is 20.4. The van der Waals surface area contributed by atoms with Crippen LogP contribution in [0.3, 0.4) is 0 Å². The van der Waals surface area contributed by atoms with Crippen LogP contribution in [0.15, 0.2) is 72.8 Å². The summed E-state index contributed by atoms with van der Waals surface area (Å²) in [6.07, 6.45) is 0. The number of fused-ring (bicyclic) bond motifs is 1. The number of carboxylic acid groups (broad SMARTS) is 1. The van der Waals surface area contributed by atoms with Crippen molar-refractivity contribution in [3.8, 4) is 5.75 Å². The van der Waals surface area contributed by atoms with Crippen LogP contribution in [0, 0.1) is 11.6 Å². The lowest BCUT2D eigenvalue weighted by Gasteiger charge is -2.12. The van der Waals surface area contributed by atoms with E-state index < -0.39 is 11.8 Å². The quantitative estimate of drug-likeness (QED) is 0.500. The van der Waals surface area contributed by atoms with E-state index >= 15 is 0 Å². The average molecular weight is 392 g/mol. The average Bonchev–Trinajstić information content (AvgIpc) is 3.07. The van der Waals surface area contributed by atoms with E-state index in [9.17, 15) is 18.7 Å². The number of carboxylic acids is 1. The summed E-state index contributed by atoms with van der Waals surface area (Å²) < 4.78 is 34.7. The third kappa shape index (κ3) is 3.82. The van der Waals surface area contributed by atoms with Crippen molar-refractivity contribution >= 4 is 16.9 Å². The van der Waals surface area contributed by atoms with E-state index in [-0.39, 0.29) is 24.7 Å². The number of benzene rings is 3. The Labute approximate surface area is 165 Å². The Morgan fingerprint density at radius 1 is 0.966 bits per heavy atom. The lowest BCUT2D eigenvalue weighted by atomic mass is 10.2. The molecule has 0 unspecified atom stereocenters. The summed E-state index contributed by atoms with van der Waals surface area (Å²) in [6, 6.07) is 18.9. The molecule has 0 bridgehead atoms. The minimum Gasteiger partial charge on any atom is -0.543 e. The first-order chi connectivity index (χ1) is 14.0. The summed E-state index contributed by atoms with van der Waals surface area (Å²) in [5.74, 6) is -1.70. The summed E-state index contributed by atoms with van der Waals surface area (Å²) in [4.78, 5) is 11.7. The van der Waals surface area contributed by atoms with E-state index in [2.05, 4.69) is 0 Å². The zero-order valence-corrected chi connectivity index (χ0v) is 15.3. The van der Waals surface area contributed by atoms with Gasteiger partial charge in [-0.05, 0) is 42.0 Å². The number of halogens is 2. The summed E-state index contributed by atoms with van der Waals surface area (Å²) in [5, 5.41) is 12.2. The van der Waals surface area contributed by atoms with Crippen molar-refractivity contribution < 1.29 is 23.4 Å². The van der Waals surface area contributed by atoms with Crippen molar-refractivity contribution in [2.24, 2.45) is 0 Å². The normalized spacial score (nSPS) is 11.0. The number of aromatic carboxylic acids is 1. The molecule has 3 aromatic carbocycles. The third-order valence-corrected chi connectivity index (χ3v) is 4.69. The number of hydrogen-bond donors (Lipinski definition) is 0. The van der Waals surface area contributed by atoms with Crippen LogP contribution in [0.5, 0.6) is 5.75 Å². The second-order valence-corrected chi connectivity index (χ2v) is 6.60. The first kappa shape index (κ1) is 18.7. The van der Waals surface area contributed by atoms with Crippen LogP contribution >= 0.6 is 0 Å². The van der Waals surface area contributed by atoms with Crippen molar-refractivity contribution in [3.63, 3.8) is 0 Å². The van der Waals surface area contributed by atoms with E-state index in [1.165, 1.54) is 28.8 Å². The molecule has 0 aliphatic rings. The summed E-state index contributed by atoms with van der Waals surface area (Å²) >= 11 is 0. The van der Waals surface area contributed by atoms with Crippen molar-refractivity contribution in [1.82, 2.24) is 4.57 Å². The summed E-state index contributed by atoms with van der Waals surface area (Å²) in [5.41, 5.74) is 1.55. The molecule has 0 radical (unpaired) electrons. The number of aromatic nitrogens is 1. The van der Waals surface area contributed by atoms with Crippen LogP contribution in [0.25, 0.3) is 10.9 Å². The van der Waals surface area contributed by atoms with E-state index in [0.717, 1.165) is 0 Å². The number of ether oxygens (including phenoxy) is 1. The molecule has 0 aliphatic carbocycles. The maximum atomic E-state index is 13.9. The van der Waals surface area contributed by atoms with E-state index in [1.807, 2.05) is 0 Å². The molecule has 146 valence electrons. The van der Waals surface area contributed by atoms with Crippen LogP contribution in [-0.4, -0.2) is 10.5 Å². The van der Waals surface area contributed by atoms with Gasteiger partial charge in [0, 0.05) is 17.5 Å². The van der Waals surface area contributed by atoms with Gasteiger partial charge in [-0.1, -0.05) is 36.4 Å². The lowest BCUT2D eigenvalue weighted by molar-refractivity contribution is -0.255. The van der Waals surface area contributed by atoms with Crippen molar-refractivity contribution in [1.29, 1.82) is 0 Å². The molecule has 4 aromatic rings. The molecule has 0 saturated heterocycles. The number of hydrogen-bond acceptors (Lipinski definition) is 3. The molecule has 4 nitrogen and oxygen atoms in total. The number of carbonyl (C=O) groups is 1. The van der Waals surface area contributed by atoms with Gasteiger partial charge in [0.1, 0.15) is 24.0 Å². The van der Waals surface area contributed by atoms with Gasteiger partial charge in [-0.15, -0.1) is 0 Å². The molecule has 29 heavy (non-hydrogen) atoms. The predicted octanol–water partition coefficient (Wildman–Crippen LogP) is 3.91. The number of carbonyl (C=O) groups excluding carboxylic acids is 1. The number of nitrogens with zero attached hydrogens (tertiary/aromatic N) is 1. The van der Waals surface area contributed by atoms with E-state index in [1.54, 1.807) is 48.5 Å². The van der Waals surface area contributed by atoms with Crippen LogP contribution in [-0.2, 0) is 13.2 Å². The molecular weight excluding hydrogens is 376 g/mol. The Hall–Kier alpha value is -3.67. The summed E-state index contributed by atoms with van der Waals surface area (Å²) in [7, 11) is 0. The third-order valence-electron chi connectivity index (χ3n) is 4.69. The largest absolute Gasteiger partial charge is 0.543 e. The monoisotopic (exact) mass is 392 g/mol. The van der Waals surface area contributed by atoms with Crippen LogP contribution in [0.1, 0.15) is 21.6 Å². The Morgan fingerprint density at radius 3 is 2.52 bits per heavy atom. The Bertz CT molecular complexity index is 1200. The highest BCUT2D eigenvalue weighted by atomic mass is 19.1. The molecule has 0 amide bonds. The lowest BCUT2D eigenvalue weighted by Crippen LogP contribution is -2.25. The topological polar surface area (TPSA) is 54.3 Å². The second-order valence-electron chi connectivity index (χ2n) is 6.60. The van der Waals surface area contributed by atoms with Gasteiger partial charge < -0.3 is 19.2 Å². The van der Waals surface area contributed by atoms with Gasteiger partial charge in [-0.25, -0.2) is 8.78 Å². The first-order valence-electron chi connectivity index (χ1n) is 8.97. The molecule has 0 spiro atoms. The molecule has 6 heteroatoms. The molecule has 1 aromatic heterocycles. The highest BCUT2D eigenvalue weighted by Gasteiger charge is 2.14. The molecular formula is C23H16F2NO3-. The van der Waals surface area contributed by atoms with Gasteiger partial charge in [0.2, 0.25) is 0 Å². The van der Waals surface area contributed by atoms with Gasteiger partial charge >= 0.3 is 0 Å². The maximum Gasteiger partial charge on any atom is 0.129 e. The maximum absolute atomic E-state index is 13.9. The van der Waals surface area contributed by atoms with Crippen LogP contribution in [0.2, 0.25) is 0 Å². The Morgan fingerprint density at radius 2 is 1.76 bits per heavy atom. The van der Waals surface area contributed by atoms with Crippen molar-refractivity contribution in [3.05, 3.63) is 101 Å². The van der Waals surface area contributed by atoms with Gasteiger partial charge in [-0.2, -0.15) is 0 Å². The molecule has 4 rings (SSSR count). The molecule has 0 N–H and O–H groups in total. The number of rotatable bonds is 6. The van der Waals surface area contributed by atoms with Crippen molar-refractivity contribution in [2.75, 3.05) is 0 Å². The summed E-state index contributed by atoms with van der Waals surface area (Å²) in [6.45, 7) is 0.156. The first-order valence-corrected chi connectivity index (χ1v) is 8.97. The molecule has 0 saturated carbocycles. The standard InChI is InChI=1S/C23H17F2NO3/c24-17-7-3-5-15(11-17)13-26-20-9-4-10-22(18(20)12-21(26)23(27)28)29-14-16-6-1-2-8-19(16)25/h1-12H,13-14H2,(H,27,28)/p-1. The van der Waals surface area contributed by atoms with Gasteiger partial charge in [0.05, 0.1) is 17.2 Å². The molecule has 0 fully saturated rings.